The maximum atomic E-state index is 13.2. The summed E-state index contributed by atoms with van der Waals surface area (Å²) < 4.78 is 0. The Hall–Kier alpha value is -1.76. The SMILES string of the molecule is CC(C)(C)C(=O)C[P+](c1ccccc1)(c1ccccc1)c1ccccc1.[Br-]. The molecule has 140 valence electrons. The Morgan fingerprint density at radius 3 is 1.22 bits per heavy atom. The molecule has 0 fully saturated rings. The van der Waals surface area contributed by atoms with Gasteiger partial charge in [-0.1, -0.05) is 75.4 Å². The van der Waals surface area contributed by atoms with E-state index in [1.807, 2.05) is 39.0 Å². The highest BCUT2D eigenvalue weighted by Crippen LogP contribution is 2.56. The molecule has 1 nitrogen and oxygen atoms in total. The molecule has 0 saturated heterocycles. The van der Waals surface area contributed by atoms with Gasteiger partial charge in [-0.25, -0.2) is 0 Å². The summed E-state index contributed by atoms with van der Waals surface area (Å²) >= 11 is 0. The Balaban J connectivity index is 0.00000261. The van der Waals surface area contributed by atoms with E-state index in [9.17, 15) is 4.79 Å². The van der Waals surface area contributed by atoms with Gasteiger partial charge in [0.05, 0.1) is 0 Å². The molecule has 0 amide bonds. The van der Waals surface area contributed by atoms with Crippen LogP contribution in [-0.4, -0.2) is 11.9 Å². The van der Waals surface area contributed by atoms with Gasteiger partial charge >= 0.3 is 0 Å². The molecule has 0 atom stereocenters. The minimum Gasteiger partial charge on any atom is -1.00 e. The van der Waals surface area contributed by atoms with Crippen LogP contribution in [0.3, 0.4) is 0 Å². The van der Waals surface area contributed by atoms with Crippen molar-refractivity contribution in [2.45, 2.75) is 20.8 Å². The second-order valence-corrected chi connectivity index (χ2v) is 11.1. The van der Waals surface area contributed by atoms with Crippen molar-refractivity contribution in [3.63, 3.8) is 0 Å². The van der Waals surface area contributed by atoms with Crippen molar-refractivity contribution < 1.29 is 21.8 Å². The van der Waals surface area contributed by atoms with Crippen LogP contribution >= 0.6 is 7.26 Å². The number of carbonyl (C=O) groups excluding carboxylic acids is 1. The van der Waals surface area contributed by atoms with Gasteiger partial charge in [-0.3, -0.25) is 4.79 Å². The van der Waals surface area contributed by atoms with Crippen LogP contribution in [0.25, 0.3) is 0 Å². The lowest BCUT2D eigenvalue weighted by molar-refractivity contribution is -0.123. The van der Waals surface area contributed by atoms with Crippen molar-refractivity contribution in [3.8, 4) is 0 Å². The summed E-state index contributed by atoms with van der Waals surface area (Å²) in [5.74, 6) is 0.308. The molecule has 0 aliphatic heterocycles. The van der Waals surface area contributed by atoms with Gasteiger partial charge in [0.25, 0.3) is 0 Å². The van der Waals surface area contributed by atoms with Crippen molar-refractivity contribution >= 4 is 29.0 Å². The number of rotatable bonds is 5. The van der Waals surface area contributed by atoms with E-state index < -0.39 is 7.26 Å². The average molecular weight is 441 g/mol. The zero-order valence-electron chi connectivity index (χ0n) is 16.1. The van der Waals surface area contributed by atoms with E-state index in [0.29, 0.717) is 11.9 Å². The molecular formula is C24H26BrOP. The molecule has 0 heterocycles. The standard InChI is InChI=1S/C24H26OP.BrH/c1-24(2,3)23(25)19-26(20-13-7-4-8-14-20,21-15-9-5-10-16-21)22-17-11-6-12-18-22;/h4-18H,19H2,1-3H3;1H/q+1;/p-1. The summed E-state index contributed by atoms with van der Waals surface area (Å²) in [7, 11) is -2.06. The normalized spacial score (nSPS) is 11.5. The fraction of sp³-hybridized carbons (Fsp3) is 0.208. The van der Waals surface area contributed by atoms with Crippen LogP contribution in [0.15, 0.2) is 91.0 Å². The number of carbonyl (C=O) groups is 1. The maximum absolute atomic E-state index is 13.2. The van der Waals surface area contributed by atoms with E-state index in [2.05, 4.69) is 72.8 Å². The van der Waals surface area contributed by atoms with Gasteiger partial charge in [-0.05, 0) is 36.4 Å². The van der Waals surface area contributed by atoms with Crippen molar-refractivity contribution in [1.82, 2.24) is 0 Å². The molecule has 3 heteroatoms. The molecule has 3 rings (SSSR count). The van der Waals surface area contributed by atoms with E-state index in [1.165, 1.54) is 15.9 Å². The van der Waals surface area contributed by atoms with E-state index in [4.69, 9.17) is 0 Å². The van der Waals surface area contributed by atoms with Gasteiger partial charge < -0.3 is 17.0 Å². The van der Waals surface area contributed by atoms with Crippen LogP contribution in [0, 0.1) is 5.41 Å². The van der Waals surface area contributed by atoms with Crippen molar-refractivity contribution in [2.75, 3.05) is 6.16 Å². The molecule has 3 aromatic rings. The zero-order chi connectivity index (χ0) is 18.6. The Kier molecular flexibility index (Phi) is 7.14. The molecule has 0 bridgehead atoms. The smallest absolute Gasteiger partial charge is 0.176 e. The van der Waals surface area contributed by atoms with E-state index in [1.54, 1.807) is 0 Å². The molecule has 0 saturated carbocycles. The zero-order valence-corrected chi connectivity index (χ0v) is 18.6. The maximum Gasteiger partial charge on any atom is 0.176 e. The van der Waals surface area contributed by atoms with Crippen LogP contribution in [0.5, 0.6) is 0 Å². The second kappa shape index (κ2) is 8.95. The first-order valence-corrected chi connectivity index (χ1v) is 11.0. The van der Waals surface area contributed by atoms with Crippen LogP contribution in [0.1, 0.15) is 20.8 Å². The Morgan fingerprint density at radius 1 is 0.667 bits per heavy atom. The summed E-state index contributed by atoms with van der Waals surface area (Å²) in [6.45, 7) is 6.06. The summed E-state index contributed by atoms with van der Waals surface area (Å²) in [6, 6.07) is 31.7. The van der Waals surface area contributed by atoms with Crippen molar-refractivity contribution in [2.24, 2.45) is 5.41 Å². The number of benzene rings is 3. The van der Waals surface area contributed by atoms with Gasteiger partial charge in [0.2, 0.25) is 0 Å². The Morgan fingerprint density at radius 2 is 0.963 bits per heavy atom. The lowest BCUT2D eigenvalue weighted by atomic mass is 9.92. The number of halogens is 1. The van der Waals surface area contributed by atoms with Crippen LogP contribution in [0.4, 0.5) is 0 Å². The topological polar surface area (TPSA) is 17.1 Å². The van der Waals surface area contributed by atoms with Gasteiger partial charge in [-0.2, -0.15) is 0 Å². The minimum absolute atomic E-state index is 0. The molecule has 3 aromatic carbocycles. The van der Waals surface area contributed by atoms with Gasteiger partial charge in [0, 0.05) is 5.41 Å². The van der Waals surface area contributed by atoms with Gasteiger partial charge in [0.1, 0.15) is 29.3 Å². The average Bonchev–Trinajstić information content (AvgIpc) is 2.67. The molecule has 0 aliphatic rings. The van der Waals surface area contributed by atoms with Crippen molar-refractivity contribution in [1.29, 1.82) is 0 Å². The molecule has 0 unspecified atom stereocenters. The molecule has 0 N–H and O–H groups in total. The fourth-order valence-corrected chi connectivity index (χ4v) is 7.61. The van der Waals surface area contributed by atoms with E-state index >= 15 is 0 Å². The third kappa shape index (κ3) is 4.57. The third-order valence-electron chi connectivity index (χ3n) is 4.81. The van der Waals surface area contributed by atoms with Crippen LogP contribution in [-0.2, 0) is 4.79 Å². The quantitative estimate of drug-likeness (QED) is 0.550. The molecule has 0 spiro atoms. The van der Waals surface area contributed by atoms with Gasteiger partial charge in [-0.15, -0.1) is 0 Å². The highest BCUT2D eigenvalue weighted by atomic mass is 79.9. The first-order valence-electron chi connectivity index (χ1n) is 9.03. The van der Waals surface area contributed by atoms with Crippen LogP contribution in [0.2, 0.25) is 0 Å². The largest absolute Gasteiger partial charge is 1.00 e. The summed E-state index contributed by atoms with van der Waals surface area (Å²) in [5.41, 5.74) is -0.358. The first kappa shape index (κ1) is 21.5. The minimum atomic E-state index is -2.06. The van der Waals surface area contributed by atoms with E-state index in [0.717, 1.165) is 0 Å². The third-order valence-corrected chi connectivity index (χ3v) is 9.11. The predicted molar refractivity (Wildman–Crippen MR) is 114 cm³/mol. The highest BCUT2D eigenvalue weighted by molar-refractivity contribution is 7.96. The molecule has 0 aromatic heterocycles. The number of hydrogen-bond donors (Lipinski definition) is 0. The van der Waals surface area contributed by atoms with Crippen molar-refractivity contribution in [3.05, 3.63) is 91.0 Å². The lowest BCUT2D eigenvalue weighted by Crippen LogP contribution is -3.00. The summed E-state index contributed by atoms with van der Waals surface area (Å²) in [5, 5.41) is 3.78. The Labute approximate surface area is 173 Å². The highest BCUT2D eigenvalue weighted by Gasteiger charge is 2.48. The fourth-order valence-electron chi connectivity index (χ4n) is 3.22. The van der Waals surface area contributed by atoms with Crippen LogP contribution < -0.4 is 32.9 Å². The molecule has 0 aliphatic carbocycles. The lowest BCUT2D eigenvalue weighted by Gasteiger charge is -2.29. The van der Waals surface area contributed by atoms with E-state index in [-0.39, 0.29) is 22.4 Å². The monoisotopic (exact) mass is 440 g/mol. The Bertz CT molecular complexity index is 758. The van der Waals surface area contributed by atoms with Gasteiger partial charge in [0.15, 0.2) is 5.78 Å². The molecule has 0 radical (unpaired) electrons. The first-order chi connectivity index (χ1) is 12.4. The summed E-state index contributed by atoms with van der Waals surface area (Å²) in [4.78, 5) is 13.2. The molecular weight excluding hydrogens is 415 g/mol. The number of Topliss-reactive ketones (excluding diaryl/α,β-unsaturated/α-hetero) is 1. The number of ketones is 1. The molecule has 27 heavy (non-hydrogen) atoms. The number of hydrogen-bond acceptors (Lipinski definition) is 1. The second-order valence-electron chi connectivity index (χ2n) is 7.65. The predicted octanol–water partition coefficient (Wildman–Crippen LogP) is 1.60. The summed E-state index contributed by atoms with van der Waals surface area (Å²) in [6.07, 6.45) is 0.550.